The van der Waals surface area contributed by atoms with E-state index in [0.717, 1.165) is 19.3 Å². The standard InChI is InChI=1S/C10H15N5O2/c11-10-12-8(13-14-10)9(16)15-4-5-17-7-3-1-2-6(7)15/h6-7H,1-5H2,(H3,11,12,13,14). The Kier molecular flexibility index (Phi) is 2.47. The lowest BCUT2D eigenvalue weighted by molar-refractivity contribution is -0.0449. The predicted octanol–water partition coefficient (Wildman–Crippen LogP) is -0.220. The number of amides is 1. The maximum absolute atomic E-state index is 12.2. The summed E-state index contributed by atoms with van der Waals surface area (Å²) in [5.41, 5.74) is 5.40. The van der Waals surface area contributed by atoms with Gasteiger partial charge in [0, 0.05) is 6.54 Å². The first-order chi connectivity index (χ1) is 8.25. The number of hydrogen-bond donors (Lipinski definition) is 2. The fourth-order valence-corrected chi connectivity index (χ4v) is 2.68. The normalized spacial score (nSPS) is 28.1. The molecule has 2 heterocycles. The first kappa shape index (κ1) is 10.5. The SMILES string of the molecule is Nc1n[nH]c(C(=O)N2CCOC3CCCC32)n1. The minimum atomic E-state index is -0.130. The van der Waals surface area contributed by atoms with E-state index < -0.39 is 0 Å². The number of hydrogen-bond acceptors (Lipinski definition) is 5. The van der Waals surface area contributed by atoms with Gasteiger partial charge in [-0.05, 0) is 19.3 Å². The number of ether oxygens (including phenoxy) is 1. The second-order valence-electron chi connectivity index (χ2n) is 4.45. The van der Waals surface area contributed by atoms with Gasteiger partial charge in [-0.1, -0.05) is 0 Å². The Labute approximate surface area is 98.3 Å². The van der Waals surface area contributed by atoms with Crippen LogP contribution in [0, 0.1) is 0 Å². The number of aromatic amines is 1. The van der Waals surface area contributed by atoms with Crippen molar-refractivity contribution in [1.82, 2.24) is 20.1 Å². The summed E-state index contributed by atoms with van der Waals surface area (Å²) < 4.78 is 5.66. The van der Waals surface area contributed by atoms with Gasteiger partial charge in [0.05, 0.1) is 18.8 Å². The highest BCUT2D eigenvalue weighted by Crippen LogP contribution is 2.30. The van der Waals surface area contributed by atoms with Gasteiger partial charge in [0.1, 0.15) is 0 Å². The number of carbonyl (C=O) groups is 1. The minimum Gasteiger partial charge on any atom is -0.374 e. The van der Waals surface area contributed by atoms with Gasteiger partial charge in [-0.3, -0.25) is 9.89 Å². The summed E-state index contributed by atoms with van der Waals surface area (Å²) in [6.45, 7) is 1.21. The molecule has 1 saturated heterocycles. The lowest BCUT2D eigenvalue weighted by Crippen LogP contribution is -2.51. The summed E-state index contributed by atoms with van der Waals surface area (Å²) in [6.07, 6.45) is 3.33. The third kappa shape index (κ3) is 1.76. The number of anilines is 1. The molecule has 1 aromatic heterocycles. The Morgan fingerprint density at radius 1 is 1.53 bits per heavy atom. The van der Waals surface area contributed by atoms with Crippen LogP contribution in [0.1, 0.15) is 29.9 Å². The Balaban J connectivity index is 1.81. The van der Waals surface area contributed by atoms with Crippen LogP contribution in [0.5, 0.6) is 0 Å². The number of fused-ring (bicyclic) bond motifs is 1. The third-order valence-electron chi connectivity index (χ3n) is 3.45. The van der Waals surface area contributed by atoms with Crippen molar-refractivity contribution in [3.8, 4) is 0 Å². The van der Waals surface area contributed by atoms with Gasteiger partial charge in [-0.2, -0.15) is 4.98 Å². The lowest BCUT2D eigenvalue weighted by Gasteiger charge is -2.37. The molecule has 0 spiro atoms. The zero-order valence-corrected chi connectivity index (χ0v) is 9.43. The number of nitrogen functional groups attached to an aromatic ring is 1. The van der Waals surface area contributed by atoms with Crippen LogP contribution in [0.4, 0.5) is 5.95 Å². The molecular weight excluding hydrogens is 222 g/mol. The smallest absolute Gasteiger partial charge is 0.291 e. The summed E-state index contributed by atoms with van der Waals surface area (Å²) in [4.78, 5) is 18.0. The van der Waals surface area contributed by atoms with Gasteiger partial charge in [0.25, 0.3) is 5.91 Å². The molecule has 1 aromatic rings. The number of nitrogens with two attached hydrogens (primary N) is 1. The Morgan fingerprint density at radius 2 is 2.41 bits per heavy atom. The average molecular weight is 237 g/mol. The topological polar surface area (TPSA) is 97.1 Å². The fourth-order valence-electron chi connectivity index (χ4n) is 2.68. The molecule has 0 radical (unpaired) electrons. The molecule has 1 aliphatic heterocycles. The van der Waals surface area contributed by atoms with E-state index in [1.807, 2.05) is 4.90 Å². The molecule has 3 rings (SSSR count). The number of morpholine rings is 1. The van der Waals surface area contributed by atoms with Crippen molar-refractivity contribution in [3.63, 3.8) is 0 Å². The molecular formula is C10H15N5O2. The van der Waals surface area contributed by atoms with Gasteiger partial charge < -0.3 is 15.4 Å². The van der Waals surface area contributed by atoms with E-state index >= 15 is 0 Å². The largest absolute Gasteiger partial charge is 0.374 e. The van der Waals surface area contributed by atoms with Crippen molar-refractivity contribution in [3.05, 3.63) is 5.82 Å². The second kappa shape index (κ2) is 3.99. The quantitative estimate of drug-likeness (QED) is 0.703. The second-order valence-corrected chi connectivity index (χ2v) is 4.45. The third-order valence-corrected chi connectivity index (χ3v) is 3.45. The number of nitrogens with one attached hydrogen (secondary N) is 1. The highest BCUT2D eigenvalue weighted by molar-refractivity contribution is 5.91. The maximum atomic E-state index is 12.2. The van der Waals surface area contributed by atoms with Gasteiger partial charge >= 0.3 is 0 Å². The van der Waals surface area contributed by atoms with E-state index in [1.54, 1.807) is 0 Å². The van der Waals surface area contributed by atoms with E-state index in [9.17, 15) is 4.79 Å². The van der Waals surface area contributed by atoms with Gasteiger partial charge in [0.15, 0.2) is 0 Å². The number of H-pyrrole nitrogens is 1. The summed E-state index contributed by atoms with van der Waals surface area (Å²) in [5, 5.41) is 6.25. The molecule has 7 nitrogen and oxygen atoms in total. The number of aromatic nitrogens is 3. The molecule has 0 bridgehead atoms. The van der Waals surface area contributed by atoms with Crippen molar-refractivity contribution >= 4 is 11.9 Å². The average Bonchev–Trinajstić information content (AvgIpc) is 2.95. The highest BCUT2D eigenvalue weighted by Gasteiger charge is 2.39. The van der Waals surface area contributed by atoms with Crippen molar-refractivity contribution in [2.75, 3.05) is 18.9 Å². The zero-order valence-electron chi connectivity index (χ0n) is 9.43. The predicted molar refractivity (Wildman–Crippen MR) is 59.2 cm³/mol. The molecule has 1 saturated carbocycles. The van der Waals surface area contributed by atoms with E-state index in [0.29, 0.717) is 13.2 Å². The van der Waals surface area contributed by atoms with Crippen molar-refractivity contribution in [1.29, 1.82) is 0 Å². The molecule has 2 fully saturated rings. The van der Waals surface area contributed by atoms with Crippen LogP contribution in [-0.4, -0.2) is 51.3 Å². The summed E-state index contributed by atoms with van der Waals surface area (Å²) in [6, 6.07) is 0.183. The molecule has 2 atom stereocenters. The van der Waals surface area contributed by atoms with Crippen LogP contribution in [0.15, 0.2) is 0 Å². The van der Waals surface area contributed by atoms with Crippen molar-refractivity contribution in [2.24, 2.45) is 0 Å². The highest BCUT2D eigenvalue weighted by atomic mass is 16.5. The minimum absolute atomic E-state index is 0.101. The van der Waals surface area contributed by atoms with E-state index in [2.05, 4.69) is 15.2 Å². The van der Waals surface area contributed by atoms with Crippen LogP contribution < -0.4 is 5.73 Å². The molecule has 0 aromatic carbocycles. The van der Waals surface area contributed by atoms with Crippen LogP contribution in [0.2, 0.25) is 0 Å². The first-order valence-electron chi connectivity index (χ1n) is 5.86. The Bertz CT molecular complexity index is 432. The number of rotatable bonds is 1. The lowest BCUT2D eigenvalue weighted by atomic mass is 10.1. The van der Waals surface area contributed by atoms with Crippen molar-refractivity contribution < 1.29 is 9.53 Å². The molecule has 92 valence electrons. The molecule has 3 N–H and O–H groups in total. The van der Waals surface area contributed by atoms with Crippen molar-refractivity contribution in [2.45, 2.75) is 31.4 Å². The Hall–Kier alpha value is -1.63. The number of nitrogens with zero attached hydrogens (tertiary/aromatic N) is 3. The maximum Gasteiger partial charge on any atom is 0.291 e. The van der Waals surface area contributed by atoms with Gasteiger partial charge in [-0.15, -0.1) is 5.10 Å². The van der Waals surface area contributed by atoms with Gasteiger partial charge in [0.2, 0.25) is 11.8 Å². The van der Waals surface area contributed by atoms with Crippen LogP contribution >= 0.6 is 0 Å². The van der Waals surface area contributed by atoms with E-state index in [4.69, 9.17) is 10.5 Å². The molecule has 7 heteroatoms. The summed E-state index contributed by atoms with van der Waals surface area (Å²) in [7, 11) is 0. The molecule has 1 aliphatic carbocycles. The molecule has 2 aliphatic rings. The zero-order chi connectivity index (χ0) is 11.8. The van der Waals surface area contributed by atoms with E-state index in [1.165, 1.54) is 0 Å². The molecule has 17 heavy (non-hydrogen) atoms. The number of carbonyl (C=O) groups excluding carboxylic acids is 1. The summed E-state index contributed by atoms with van der Waals surface area (Å²) in [5.74, 6) is 0.189. The van der Waals surface area contributed by atoms with Gasteiger partial charge in [-0.25, -0.2) is 0 Å². The molecule has 1 amide bonds. The van der Waals surface area contributed by atoms with Crippen LogP contribution in [0.25, 0.3) is 0 Å². The monoisotopic (exact) mass is 237 g/mol. The molecule has 2 unspecified atom stereocenters. The van der Waals surface area contributed by atoms with Crippen LogP contribution in [0.3, 0.4) is 0 Å². The first-order valence-corrected chi connectivity index (χ1v) is 5.86. The fraction of sp³-hybridized carbons (Fsp3) is 0.700. The van der Waals surface area contributed by atoms with E-state index in [-0.39, 0.29) is 29.8 Å². The Morgan fingerprint density at radius 3 is 3.18 bits per heavy atom. The van der Waals surface area contributed by atoms with Crippen LogP contribution in [-0.2, 0) is 4.74 Å². The summed E-state index contributed by atoms with van der Waals surface area (Å²) >= 11 is 0.